The monoisotopic (exact) mass is 419 g/mol. The molecule has 9 heteroatoms. The van der Waals surface area contributed by atoms with Gasteiger partial charge in [0.1, 0.15) is 0 Å². The van der Waals surface area contributed by atoms with Gasteiger partial charge < -0.3 is 9.64 Å². The van der Waals surface area contributed by atoms with E-state index in [9.17, 15) is 13.2 Å². The van der Waals surface area contributed by atoms with Crippen LogP contribution in [0.15, 0.2) is 53.7 Å². The number of aromatic nitrogens is 1. The summed E-state index contributed by atoms with van der Waals surface area (Å²) in [5.41, 5.74) is 1.32. The SMILES string of the molecule is CON(C)S(=O)(=O)c1ccc(C(=O)N(Cc2cccnc2)CC2CCCO2)cc1. The first-order valence-corrected chi connectivity index (χ1v) is 10.8. The average molecular weight is 420 g/mol. The summed E-state index contributed by atoms with van der Waals surface area (Å²) in [4.78, 5) is 23.8. The van der Waals surface area contributed by atoms with E-state index in [-0.39, 0.29) is 16.9 Å². The van der Waals surface area contributed by atoms with Gasteiger partial charge in [0.05, 0.1) is 18.1 Å². The van der Waals surface area contributed by atoms with Gasteiger partial charge in [-0.2, -0.15) is 0 Å². The molecule has 0 radical (unpaired) electrons. The number of carbonyl (C=O) groups is 1. The molecule has 0 bridgehead atoms. The largest absolute Gasteiger partial charge is 0.376 e. The van der Waals surface area contributed by atoms with E-state index in [2.05, 4.69) is 4.98 Å². The van der Waals surface area contributed by atoms with Crippen molar-refractivity contribution in [2.45, 2.75) is 30.4 Å². The van der Waals surface area contributed by atoms with Gasteiger partial charge in [-0.05, 0) is 48.7 Å². The van der Waals surface area contributed by atoms with Crippen LogP contribution in [0.4, 0.5) is 0 Å². The normalized spacial score (nSPS) is 16.9. The Bertz CT molecular complexity index is 913. The van der Waals surface area contributed by atoms with Crippen molar-refractivity contribution in [2.24, 2.45) is 0 Å². The molecule has 2 aromatic rings. The average Bonchev–Trinajstić information content (AvgIpc) is 3.26. The summed E-state index contributed by atoms with van der Waals surface area (Å²) in [6.07, 6.45) is 5.32. The lowest BCUT2D eigenvalue weighted by Gasteiger charge is -2.26. The zero-order valence-corrected chi connectivity index (χ0v) is 17.3. The number of ether oxygens (including phenoxy) is 1. The number of sulfonamides is 1. The standard InChI is InChI=1S/C20H25N3O5S/c1-22(27-2)29(25,26)19-9-7-17(8-10-19)20(24)23(15-18-6-4-12-28-18)14-16-5-3-11-21-13-16/h3,5,7-11,13,18H,4,6,12,14-15H2,1-2H3. The van der Waals surface area contributed by atoms with Crippen LogP contribution in [0.25, 0.3) is 0 Å². The van der Waals surface area contributed by atoms with Crippen molar-refractivity contribution in [3.63, 3.8) is 0 Å². The number of benzene rings is 1. The Morgan fingerprint density at radius 2 is 2.03 bits per heavy atom. The minimum absolute atomic E-state index is 0.00521. The number of pyridine rings is 1. The van der Waals surface area contributed by atoms with Crippen molar-refractivity contribution in [2.75, 3.05) is 27.3 Å². The van der Waals surface area contributed by atoms with E-state index < -0.39 is 10.0 Å². The molecule has 1 aromatic carbocycles. The Kier molecular flexibility index (Phi) is 6.96. The van der Waals surface area contributed by atoms with Gasteiger partial charge in [0, 0.05) is 44.7 Å². The fourth-order valence-corrected chi connectivity index (χ4v) is 4.14. The zero-order chi connectivity index (χ0) is 20.9. The summed E-state index contributed by atoms with van der Waals surface area (Å²) in [7, 11) is -1.18. The minimum atomic E-state index is -3.76. The second-order valence-electron chi connectivity index (χ2n) is 6.80. The second-order valence-corrected chi connectivity index (χ2v) is 8.74. The van der Waals surface area contributed by atoms with Crippen molar-refractivity contribution >= 4 is 15.9 Å². The molecule has 0 saturated carbocycles. The van der Waals surface area contributed by atoms with E-state index in [1.165, 1.54) is 38.4 Å². The number of rotatable bonds is 8. The van der Waals surface area contributed by atoms with Gasteiger partial charge in [0.2, 0.25) is 0 Å². The highest BCUT2D eigenvalue weighted by atomic mass is 32.2. The fourth-order valence-electron chi connectivity index (χ4n) is 3.16. The smallest absolute Gasteiger partial charge is 0.264 e. The highest BCUT2D eigenvalue weighted by molar-refractivity contribution is 7.89. The lowest BCUT2D eigenvalue weighted by Crippen LogP contribution is -2.37. The number of nitrogens with zero attached hydrogens (tertiary/aromatic N) is 3. The molecule has 0 N–H and O–H groups in total. The molecule has 1 aliphatic heterocycles. The van der Waals surface area contributed by atoms with Crippen molar-refractivity contribution in [1.29, 1.82) is 0 Å². The zero-order valence-electron chi connectivity index (χ0n) is 16.5. The number of amides is 1. The van der Waals surface area contributed by atoms with Crippen LogP contribution >= 0.6 is 0 Å². The molecule has 29 heavy (non-hydrogen) atoms. The Hall–Kier alpha value is -2.33. The van der Waals surface area contributed by atoms with E-state index in [0.717, 1.165) is 22.9 Å². The first-order chi connectivity index (χ1) is 13.9. The second kappa shape index (κ2) is 9.45. The predicted molar refractivity (Wildman–Crippen MR) is 106 cm³/mol. The molecule has 1 aliphatic rings. The van der Waals surface area contributed by atoms with Crippen LogP contribution in [0.5, 0.6) is 0 Å². The molecule has 8 nitrogen and oxygen atoms in total. The highest BCUT2D eigenvalue weighted by Crippen LogP contribution is 2.19. The first kappa shape index (κ1) is 21.4. The molecule has 0 spiro atoms. The maximum Gasteiger partial charge on any atom is 0.264 e. The molecule has 2 heterocycles. The van der Waals surface area contributed by atoms with Crippen molar-refractivity contribution in [3.8, 4) is 0 Å². The molecule has 1 saturated heterocycles. The Morgan fingerprint density at radius 3 is 2.62 bits per heavy atom. The molecule has 3 rings (SSSR count). The molecule has 0 aliphatic carbocycles. The summed E-state index contributed by atoms with van der Waals surface area (Å²) < 4.78 is 31.1. The van der Waals surface area contributed by atoms with Gasteiger partial charge in [-0.1, -0.05) is 10.5 Å². The molecule has 156 valence electrons. The summed E-state index contributed by atoms with van der Waals surface area (Å²) >= 11 is 0. The van der Waals surface area contributed by atoms with Crippen molar-refractivity contribution in [3.05, 3.63) is 59.9 Å². The van der Waals surface area contributed by atoms with Gasteiger partial charge in [0.25, 0.3) is 15.9 Å². The van der Waals surface area contributed by atoms with Gasteiger partial charge in [0.15, 0.2) is 0 Å². The first-order valence-electron chi connectivity index (χ1n) is 9.34. The lowest BCUT2D eigenvalue weighted by atomic mass is 10.1. The number of carbonyl (C=O) groups excluding carboxylic acids is 1. The van der Waals surface area contributed by atoms with Crippen LogP contribution in [-0.4, -0.2) is 62.1 Å². The molecule has 1 amide bonds. The quantitative estimate of drug-likeness (QED) is 0.609. The van der Waals surface area contributed by atoms with Crippen LogP contribution in [-0.2, 0) is 26.1 Å². The third kappa shape index (κ3) is 5.18. The summed E-state index contributed by atoms with van der Waals surface area (Å²) in [5.74, 6) is -0.187. The minimum Gasteiger partial charge on any atom is -0.376 e. The van der Waals surface area contributed by atoms with Gasteiger partial charge >= 0.3 is 0 Å². The van der Waals surface area contributed by atoms with Crippen molar-refractivity contribution in [1.82, 2.24) is 14.4 Å². The molecular weight excluding hydrogens is 394 g/mol. The van der Waals surface area contributed by atoms with Crippen LogP contribution in [0.3, 0.4) is 0 Å². The summed E-state index contributed by atoms with van der Waals surface area (Å²) in [5, 5.41) is 0. The van der Waals surface area contributed by atoms with Crippen LogP contribution in [0, 0.1) is 0 Å². The predicted octanol–water partition coefficient (Wildman–Crippen LogP) is 2.08. The van der Waals surface area contributed by atoms with E-state index >= 15 is 0 Å². The molecule has 1 unspecified atom stereocenters. The Labute approximate surface area is 171 Å². The summed E-state index contributed by atoms with van der Waals surface area (Å²) in [6, 6.07) is 9.60. The maximum atomic E-state index is 13.2. The number of hydrogen-bond acceptors (Lipinski definition) is 6. The van der Waals surface area contributed by atoms with Crippen LogP contribution in [0.2, 0.25) is 0 Å². The topological polar surface area (TPSA) is 89.0 Å². The third-order valence-corrected chi connectivity index (χ3v) is 6.52. The fraction of sp³-hybridized carbons (Fsp3) is 0.400. The van der Waals surface area contributed by atoms with Crippen molar-refractivity contribution < 1.29 is 22.8 Å². The van der Waals surface area contributed by atoms with E-state index in [1.54, 1.807) is 17.3 Å². The van der Waals surface area contributed by atoms with Crippen LogP contribution in [0.1, 0.15) is 28.8 Å². The lowest BCUT2D eigenvalue weighted by molar-refractivity contribution is -0.0258. The van der Waals surface area contributed by atoms with Gasteiger partial charge in [-0.15, -0.1) is 0 Å². The van der Waals surface area contributed by atoms with Crippen LogP contribution < -0.4 is 0 Å². The summed E-state index contributed by atoms with van der Waals surface area (Å²) in [6.45, 7) is 1.58. The Morgan fingerprint density at radius 1 is 1.28 bits per heavy atom. The Balaban J connectivity index is 1.81. The van der Waals surface area contributed by atoms with E-state index in [1.807, 2.05) is 12.1 Å². The van der Waals surface area contributed by atoms with E-state index in [4.69, 9.17) is 9.57 Å². The molecule has 1 fully saturated rings. The molecular formula is C20H25N3O5S. The maximum absolute atomic E-state index is 13.2. The number of hydroxylamine groups is 1. The molecule has 1 atom stereocenters. The van der Waals surface area contributed by atoms with Gasteiger partial charge in [-0.3, -0.25) is 14.6 Å². The van der Waals surface area contributed by atoms with Gasteiger partial charge in [-0.25, -0.2) is 8.42 Å². The number of hydrogen-bond donors (Lipinski definition) is 0. The third-order valence-electron chi connectivity index (χ3n) is 4.83. The molecule has 1 aromatic heterocycles. The van der Waals surface area contributed by atoms with E-state index in [0.29, 0.717) is 25.3 Å². The highest BCUT2D eigenvalue weighted by Gasteiger charge is 2.25.